The van der Waals surface area contributed by atoms with Gasteiger partial charge in [-0.15, -0.1) is 0 Å². The highest BCUT2D eigenvalue weighted by Crippen LogP contribution is 2.33. The molecule has 0 unspecified atom stereocenters. The molecule has 1 aromatic heterocycles. The summed E-state index contributed by atoms with van der Waals surface area (Å²) in [7, 11) is 0. The van der Waals surface area contributed by atoms with Gasteiger partial charge in [-0.2, -0.15) is 0 Å². The van der Waals surface area contributed by atoms with Crippen LogP contribution in [-0.2, 0) is 0 Å². The van der Waals surface area contributed by atoms with E-state index in [-0.39, 0.29) is 16.5 Å². The molecule has 1 heterocycles. The Labute approximate surface area is 120 Å². The van der Waals surface area contributed by atoms with E-state index in [0.717, 1.165) is 6.07 Å². The molecular weight excluding hydrogens is 343 g/mol. The molecule has 0 fully saturated rings. The van der Waals surface area contributed by atoms with Gasteiger partial charge in [-0.25, -0.2) is 24.6 Å². The third kappa shape index (κ3) is 2.91. The maximum Gasteiger partial charge on any atom is 0.159 e. The molecule has 9 heteroatoms. The molecular formula is C10H7BrClF2N5. The van der Waals surface area contributed by atoms with Gasteiger partial charge in [-0.3, -0.25) is 0 Å². The average Bonchev–Trinajstić information content (AvgIpc) is 2.35. The van der Waals surface area contributed by atoms with Crippen LogP contribution in [0.1, 0.15) is 0 Å². The summed E-state index contributed by atoms with van der Waals surface area (Å²) in [6.45, 7) is 0. The molecule has 0 radical (unpaired) electrons. The van der Waals surface area contributed by atoms with Crippen LogP contribution < -0.4 is 16.6 Å². The van der Waals surface area contributed by atoms with Crippen molar-refractivity contribution >= 4 is 44.9 Å². The van der Waals surface area contributed by atoms with Crippen molar-refractivity contribution in [3.63, 3.8) is 0 Å². The molecule has 0 aliphatic rings. The minimum Gasteiger partial charge on any atom is -0.336 e. The Morgan fingerprint density at radius 1 is 1.21 bits per heavy atom. The van der Waals surface area contributed by atoms with Crippen LogP contribution in [0.2, 0.25) is 5.02 Å². The molecule has 0 aliphatic carbocycles. The number of aromatic nitrogens is 2. The van der Waals surface area contributed by atoms with Crippen LogP contribution in [0, 0.1) is 11.6 Å². The lowest BCUT2D eigenvalue weighted by Crippen LogP contribution is -2.10. The lowest BCUT2D eigenvalue weighted by Gasteiger charge is -2.11. The van der Waals surface area contributed by atoms with E-state index in [0.29, 0.717) is 16.4 Å². The zero-order valence-electron chi connectivity index (χ0n) is 9.22. The highest BCUT2D eigenvalue weighted by molar-refractivity contribution is 9.10. The largest absolute Gasteiger partial charge is 0.336 e. The van der Waals surface area contributed by atoms with E-state index in [1.165, 1.54) is 6.33 Å². The number of halogens is 4. The van der Waals surface area contributed by atoms with Crippen molar-refractivity contribution in [3.8, 4) is 0 Å². The third-order valence-corrected chi connectivity index (χ3v) is 3.23. The van der Waals surface area contributed by atoms with Gasteiger partial charge in [0.25, 0.3) is 0 Å². The summed E-state index contributed by atoms with van der Waals surface area (Å²) < 4.78 is 26.9. The van der Waals surface area contributed by atoms with Crippen LogP contribution in [0.25, 0.3) is 0 Å². The molecule has 0 bridgehead atoms. The molecule has 0 atom stereocenters. The van der Waals surface area contributed by atoms with Crippen molar-refractivity contribution in [1.29, 1.82) is 0 Å². The second-order valence-corrected chi connectivity index (χ2v) is 4.60. The van der Waals surface area contributed by atoms with Crippen LogP contribution in [0.5, 0.6) is 0 Å². The first-order valence-corrected chi connectivity index (χ1v) is 6.08. The van der Waals surface area contributed by atoms with Crippen molar-refractivity contribution in [2.75, 3.05) is 10.7 Å². The van der Waals surface area contributed by atoms with Gasteiger partial charge in [0.1, 0.15) is 16.6 Å². The van der Waals surface area contributed by atoms with Crippen LogP contribution in [0.3, 0.4) is 0 Å². The summed E-state index contributed by atoms with van der Waals surface area (Å²) in [4.78, 5) is 7.74. The maximum atomic E-state index is 13.6. The molecule has 4 N–H and O–H groups in total. The number of nitrogens with two attached hydrogens (primary N) is 1. The van der Waals surface area contributed by atoms with Crippen LogP contribution in [0.15, 0.2) is 22.9 Å². The summed E-state index contributed by atoms with van der Waals surface area (Å²) >= 11 is 8.96. The number of hydrazine groups is 1. The van der Waals surface area contributed by atoms with Crippen LogP contribution in [-0.4, -0.2) is 9.97 Å². The topological polar surface area (TPSA) is 75.9 Å². The van der Waals surface area contributed by atoms with Gasteiger partial charge < -0.3 is 10.7 Å². The highest BCUT2D eigenvalue weighted by Gasteiger charge is 2.14. The zero-order valence-corrected chi connectivity index (χ0v) is 11.6. The van der Waals surface area contributed by atoms with Gasteiger partial charge in [0.05, 0.1) is 10.7 Å². The van der Waals surface area contributed by atoms with E-state index >= 15 is 0 Å². The monoisotopic (exact) mass is 349 g/mol. The van der Waals surface area contributed by atoms with Gasteiger partial charge in [0, 0.05) is 6.07 Å². The highest BCUT2D eigenvalue weighted by atomic mass is 79.9. The lowest BCUT2D eigenvalue weighted by molar-refractivity contribution is 0.586. The minimum atomic E-state index is -0.835. The number of nitrogen functional groups attached to an aromatic ring is 1. The molecule has 0 spiro atoms. The fraction of sp³-hybridized carbons (Fsp3) is 0. The number of nitrogens with one attached hydrogen (secondary N) is 2. The third-order valence-electron chi connectivity index (χ3n) is 2.18. The number of hydrogen-bond donors (Lipinski definition) is 3. The summed E-state index contributed by atoms with van der Waals surface area (Å²) in [5.74, 6) is 4.18. The van der Waals surface area contributed by atoms with E-state index in [9.17, 15) is 8.78 Å². The summed E-state index contributed by atoms with van der Waals surface area (Å²) in [6.07, 6.45) is 1.22. The fourth-order valence-electron chi connectivity index (χ4n) is 1.34. The average molecular weight is 351 g/mol. The number of anilines is 3. The molecule has 5 nitrogen and oxygen atoms in total. The first-order chi connectivity index (χ1) is 9.02. The van der Waals surface area contributed by atoms with Gasteiger partial charge in [0.15, 0.2) is 17.5 Å². The molecule has 0 saturated carbocycles. The van der Waals surface area contributed by atoms with E-state index < -0.39 is 11.6 Å². The molecule has 0 amide bonds. The summed E-state index contributed by atoms with van der Waals surface area (Å²) in [5.41, 5.74) is 2.24. The maximum absolute atomic E-state index is 13.6. The Morgan fingerprint density at radius 2 is 1.89 bits per heavy atom. The molecule has 0 aliphatic heterocycles. The zero-order chi connectivity index (χ0) is 14.0. The number of nitrogens with zero attached hydrogens (tertiary/aromatic N) is 2. The fourth-order valence-corrected chi connectivity index (χ4v) is 2.00. The molecule has 2 rings (SSSR count). The van der Waals surface area contributed by atoms with Crippen molar-refractivity contribution in [1.82, 2.24) is 9.97 Å². The van der Waals surface area contributed by atoms with Crippen LogP contribution >= 0.6 is 27.5 Å². The van der Waals surface area contributed by atoms with Gasteiger partial charge in [-0.1, -0.05) is 11.6 Å². The first-order valence-electron chi connectivity index (χ1n) is 4.91. The summed E-state index contributed by atoms with van der Waals surface area (Å²) in [5, 5.41) is 2.54. The Morgan fingerprint density at radius 3 is 2.53 bits per heavy atom. The smallest absolute Gasteiger partial charge is 0.159 e. The number of benzene rings is 1. The number of rotatable bonds is 3. The first kappa shape index (κ1) is 13.9. The second kappa shape index (κ2) is 5.64. The predicted octanol–water partition coefficient (Wildman–Crippen LogP) is 3.20. The van der Waals surface area contributed by atoms with Gasteiger partial charge in [0.2, 0.25) is 0 Å². The predicted molar refractivity (Wildman–Crippen MR) is 72.2 cm³/mol. The second-order valence-electron chi connectivity index (χ2n) is 3.40. The molecule has 19 heavy (non-hydrogen) atoms. The Hall–Kier alpha value is -1.51. The summed E-state index contributed by atoms with van der Waals surface area (Å²) in [6, 6.07) is 1.70. The standard InChI is InChI=1S/C10H7BrClF2N5/c11-7-9(16-3-17-10(7)19-15)18-8-5(12)1-4(13)2-6(8)14/h1-3H,15H2,(H2,16,17,18,19). The van der Waals surface area contributed by atoms with Gasteiger partial charge in [-0.05, 0) is 22.0 Å². The Bertz CT molecular complexity index is 602. The van der Waals surface area contributed by atoms with Gasteiger partial charge >= 0.3 is 0 Å². The number of hydrogen-bond acceptors (Lipinski definition) is 5. The molecule has 2 aromatic rings. The lowest BCUT2D eigenvalue weighted by atomic mass is 10.3. The van der Waals surface area contributed by atoms with E-state index in [1.54, 1.807) is 0 Å². The van der Waals surface area contributed by atoms with Crippen LogP contribution in [0.4, 0.5) is 26.1 Å². The van der Waals surface area contributed by atoms with Crippen molar-refractivity contribution in [2.24, 2.45) is 5.84 Å². The van der Waals surface area contributed by atoms with Crippen molar-refractivity contribution in [2.45, 2.75) is 0 Å². The SMILES string of the molecule is NNc1ncnc(Nc2c(F)cc(F)cc2Cl)c1Br. The molecule has 100 valence electrons. The molecule has 1 aromatic carbocycles. The van der Waals surface area contributed by atoms with Crippen molar-refractivity contribution < 1.29 is 8.78 Å². The minimum absolute atomic E-state index is 0.0922. The van der Waals surface area contributed by atoms with E-state index in [4.69, 9.17) is 17.4 Å². The Balaban J connectivity index is 2.42. The normalized spacial score (nSPS) is 10.4. The Kier molecular flexibility index (Phi) is 4.13. The van der Waals surface area contributed by atoms with Crippen molar-refractivity contribution in [3.05, 3.63) is 39.6 Å². The quantitative estimate of drug-likeness (QED) is 0.585. The van der Waals surface area contributed by atoms with E-state index in [2.05, 4.69) is 36.6 Å². The van der Waals surface area contributed by atoms with E-state index in [1.807, 2.05) is 0 Å². The molecule has 0 saturated heterocycles.